The number of hydrogen-bond acceptors (Lipinski definition) is 2. The van der Waals surface area contributed by atoms with Gasteiger partial charge in [-0.1, -0.05) is 23.7 Å². The van der Waals surface area contributed by atoms with Crippen LogP contribution in [0, 0.1) is 6.92 Å². The van der Waals surface area contributed by atoms with Crippen molar-refractivity contribution >= 4 is 23.3 Å². The zero-order valence-electron chi connectivity index (χ0n) is 9.33. The lowest BCUT2D eigenvalue weighted by molar-refractivity contribution is -0.115. The molecule has 1 amide bonds. The number of carbonyl (C=O) groups excluding carboxylic acids is 1. The minimum atomic E-state index is -0.112. The number of anilines is 1. The Bertz CT molecular complexity index is 536. The molecule has 1 aromatic heterocycles. The summed E-state index contributed by atoms with van der Waals surface area (Å²) in [6, 6.07) is 9.01. The predicted molar refractivity (Wildman–Crippen MR) is 67.1 cm³/mol. The summed E-state index contributed by atoms with van der Waals surface area (Å²) in [5.41, 5.74) is 1.78. The first kappa shape index (κ1) is 11.7. The van der Waals surface area contributed by atoms with Crippen LogP contribution in [0.4, 0.5) is 5.82 Å². The average molecular weight is 250 g/mol. The Morgan fingerprint density at radius 2 is 2.29 bits per heavy atom. The number of hydrogen-bond donors (Lipinski definition) is 2. The molecule has 2 aromatic rings. The average Bonchev–Trinajstić information content (AvgIpc) is 2.63. The highest BCUT2D eigenvalue weighted by molar-refractivity contribution is 6.30. The molecule has 17 heavy (non-hydrogen) atoms. The molecule has 88 valence electrons. The smallest absolute Gasteiger partial charge is 0.229 e. The van der Waals surface area contributed by atoms with E-state index in [2.05, 4.69) is 15.5 Å². The standard InChI is InChI=1S/C12H12ClN3O/c1-8-5-11(16-15-8)14-12(17)7-9-3-2-4-10(13)6-9/h2-6H,7H2,1H3,(H2,14,15,16,17). The molecule has 0 saturated heterocycles. The van der Waals surface area contributed by atoms with E-state index in [0.717, 1.165) is 11.3 Å². The molecule has 0 radical (unpaired) electrons. The van der Waals surface area contributed by atoms with E-state index in [1.807, 2.05) is 19.1 Å². The molecule has 0 unspecified atom stereocenters. The summed E-state index contributed by atoms with van der Waals surface area (Å²) in [6.45, 7) is 1.87. The molecule has 5 heteroatoms. The van der Waals surface area contributed by atoms with Crippen molar-refractivity contribution in [2.24, 2.45) is 0 Å². The van der Waals surface area contributed by atoms with Gasteiger partial charge in [-0.05, 0) is 24.6 Å². The Morgan fingerprint density at radius 1 is 1.47 bits per heavy atom. The fourth-order valence-electron chi connectivity index (χ4n) is 1.50. The number of aromatic amines is 1. The van der Waals surface area contributed by atoms with Gasteiger partial charge in [-0.25, -0.2) is 0 Å². The van der Waals surface area contributed by atoms with Crippen LogP contribution >= 0.6 is 11.6 Å². The monoisotopic (exact) mass is 249 g/mol. The molecule has 1 heterocycles. The maximum absolute atomic E-state index is 11.7. The van der Waals surface area contributed by atoms with Gasteiger partial charge in [0.25, 0.3) is 0 Å². The van der Waals surface area contributed by atoms with E-state index >= 15 is 0 Å². The maximum Gasteiger partial charge on any atom is 0.229 e. The zero-order valence-corrected chi connectivity index (χ0v) is 10.1. The Kier molecular flexibility index (Phi) is 3.44. The van der Waals surface area contributed by atoms with Crippen molar-refractivity contribution in [1.82, 2.24) is 10.2 Å². The number of nitrogens with zero attached hydrogens (tertiary/aromatic N) is 1. The minimum absolute atomic E-state index is 0.112. The van der Waals surface area contributed by atoms with Crippen LogP contribution in [0.5, 0.6) is 0 Å². The highest BCUT2D eigenvalue weighted by Gasteiger charge is 2.06. The Morgan fingerprint density at radius 3 is 2.94 bits per heavy atom. The summed E-state index contributed by atoms with van der Waals surface area (Å²) in [5.74, 6) is 0.424. The largest absolute Gasteiger partial charge is 0.309 e. The molecule has 0 aliphatic heterocycles. The summed E-state index contributed by atoms with van der Waals surface area (Å²) in [7, 11) is 0. The summed E-state index contributed by atoms with van der Waals surface area (Å²) in [6.07, 6.45) is 0.284. The molecule has 0 aliphatic carbocycles. The number of aromatic nitrogens is 2. The van der Waals surface area contributed by atoms with Gasteiger partial charge in [0.05, 0.1) is 6.42 Å². The third kappa shape index (κ3) is 3.32. The van der Waals surface area contributed by atoms with E-state index in [4.69, 9.17) is 11.6 Å². The Labute approximate surface area is 104 Å². The predicted octanol–water partition coefficient (Wildman–Crippen LogP) is 2.55. The van der Waals surface area contributed by atoms with E-state index in [0.29, 0.717) is 10.8 Å². The molecule has 0 spiro atoms. The minimum Gasteiger partial charge on any atom is -0.309 e. The third-order valence-electron chi connectivity index (χ3n) is 2.23. The van der Waals surface area contributed by atoms with Gasteiger partial charge < -0.3 is 5.32 Å². The lowest BCUT2D eigenvalue weighted by Gasteiger charge is -2.02. The van der Waals surface area contributed by atoms with Gasteiger partial charge in [-0.3, -0.25) is 9.89 Å². The first-order valence-electron chi connectivity index (χ1n) is 5.20. The van der Waals surface area contributed by atoms with Crippen molar-refractivity contribution in [2.75, 3.05) is 5.32 Å². The number of nitrogens with one attached hydrogen (secondary N) is 2. The highest BCUT2D eigenvalue weighted by Crippen LogP contribution is 2.12. The summed E-state index contributed by atoms with van der Waals surface area (Å²) in [5, 5.41) is 10.0. The molecule has 0 saturated carbocycles. The van der Waals surface area contributed by atoms with E-state index in [-0.39, 0.29) is 12.3 Å². The van der Waals surface area contributed by atoms with Crippen LogP contribution < -0.4 is 5.32 Å². The lowest BCUT2D eigenvalue weighted by atomic mass is 10.1. The molecule has 0 aliphatic rings. The van der Waals surface area contributed by atoms with Crippen LogP contribution in [-0.2, 0) is 11.2 Å². The maximum atomic E-state index is 11.7. The molecule has 0 atom stereocenters. The quantitative estimate of drug-likeness (QED) is 0.878. The van der Waals surface area contributed by atoms with Crippen LogP contribution in [0.15, 0.2) is 30.3 Å². The Hall–Kier alpha value is -1.81. The van der Waals surface area contributed by atoms with Crippen molar-refractivity contribution in [3.63, 3.8) is 0 Å². The number of halogens is 1. The van der Waals surface area contributed by atoms with Gasteiger partial charge in [0, 0.05) is 16.8 Å². The van der Waals surface area contributed by atoms with Gasteiger partial charge in [0.1, 0.15) is 0 Å². The number of benzene rings is 1. The SMILES string of the molecule is Cc1cc(NC(=O)Cc2cccc(Cl)c2)n[nH]1. The van der Waals surface area contributed by atoms with Crippen molar-refractivity contribution in [3.05, 3.63) is 46.6 Å². The topological polar surface area (TPSA) is 57.8 Å². The van der Waals surface area contributed by atoms with Gasteiger partial charge in [-0.2, -0.15) is 5.10 Å². The van der Waals surface area contributed by atoms with Crippen molar-refractivity contribution in [3.8, 4) is 0 Å². The summed E-state index contributed by atoms with van der Waals surface area (Å²) >= 11 is 5.84. The van der Waals surface area contributed by atoms with Gasteiger partial charge in [0.15, 0.2) is 5.82 Å². The lowest BCUT2D eigenvalue weighted by Crippen LogP contribution is -2.14. The van der Waals surface area contributed by atoms with E-state index in [9.17, 15) is 4.79 Å². The summed E-state index contributed by atoms with van der Waals surface area (Å²) in [4.78, 5) is 11.7. The molecular formula is C12H12ClN3O. The van der Waals surface area contributed by atoms with Crippen molar-refractivity contribution in [2.45, 2.75) is 13.3 Å². The van der Waals surface area contributed by atoms with Crippen LogP contribution in [0.25, 0.3) is 0 Å². The van der Waals surface area contributed by atoms with Crippen molar-refractivity contribution in [1.29, 1.82) is 0 Å². The molecule has 2 N–H and O–H groups in total. The first-order valence-corrected chi connectivity index (χ1v) is 5.57. The highest BCUT2D eigenvalue weighted by atomic mass is 35.5. The number of rotatable bonds is 3. The second kappa shape index (κ2) is 5.01. The van der Waals surface area contributed by atoms with Gasteiger partial charge >= 0.3 is 0 Å². The van der Waals surface area contributed by atoms with Crippen molar-refractivity contribution < 1.29 is 4.79 Å². The van der Waals surface area contributed by atoms with Crippen LogP contribution in [0.3, 0.4) is 0 Å². The van der Waals surface area contributed by atoms with Gasteiger partial charge in [0.2, 0.25) is 5.91 Å². The molecular weight excluding hydrogens is 238 g/mol. The van der Waals surface area contributed by atoms with Crippen LogP contribution in [0.2, 0.25) is 5.02 Å². The zero-order chi connectivity index (χ0) is 12.3. The molecule has 1 aromatic carbocycles. The molecule has 2 rings (SSSR count). The third-order valence-corrected chi connectivity index (χ3v) is 2.46. The Balaban J connectivity index is 1.98. The number of carbonyl (C=O) groups is 1. The van der Waals surface area contributed by atoms with E-state index in [1.165, 1.54) is 0 Å². The number of H-pyrrole nitrogens is 1. The molecule has 0 fully saturated rings. The number of aryl methyl sites for hydroxylation is 1. The normalized spacial score (nSPS) is 10.2. The second-order valence-corrected chi connectivity index (χ2v) is 4.23. The summed E-state index contributed by atoms with van der Waals surface area (Å²) < 4.78 is 0. The fourth-order valence-corrected chi connectivity index (χ4v) is 1.71. The van der Waals surface area contributed by atoms with Gasteiger partial charge in [-0.15, -0.1) is 0 Å². The van der Waals surface area contributed by atoms with E-state index in [1.54, 1.807) is 18.2 Å². The molecule has 4 nitrogen and oxygen atoms in total. The second-order valence-electron chi connectivity index (χ2n) is 3.79. The molecule has 0 bridgehead atoms. The van der Waals surface area contributed by atoms with Crippen LogP contribution in [-0.4, -0.2) is 16.1 Å². The first-order chi connectivity index (χ1) is 8.13. The van der Waals surface area contributed by atoms with Crippen LogP contribution in [0.1, 0.15) is 11.3 Å². The number of amides is 1. The fraction of sp³-hybridized carbons (Fsp3) is 0.167. The van der Waals surface area contributed by atoms with E-state index < -0.39 is 0 Å².